The first-order valence-electron chi connectivity index (χ1n) is 9.14. The number of carbonyl (C=O) groups is 1. The molecule has 0 spiro atoms. The summed E-state index contributed by atoms with van der Waals surface area (Å²) in [6.45, 7) is 6.40. The summed E-state index contributed by atoms with van der Waals surface area (Å²) in [6.07, 6.45) is 5.89. The van der Waals surface area contributed by atoms with E-state index in [1.807, 2.05) is 34.8 Å². The van der Waals surface area contributed by atoms with Gasteiger partial charge in [0, 0.05) is 25.8 Å². The van der Waals surface area contributed by atoms with Crippen LogP contribution in [0.15, 0.2) is 30.5 Å². The summed E-state index contributed by atoms with van der Waals surface area (Å²) in [4.78, 5) is 14.9. The number of rotatable bonds is 5. The molecule has 1 atom stereocenters. The molecule has 0 radical (unpaired) electrons. The van der Waals surface area contributed by atoms with Gasteiger partial charge in [-0.2, -0.15) is 5.10 Å². The zero-order valence-electron chi connectivity index (χ0n) is 15.0. The summed E-state index contributed by atoms with van der Waals surface area (Å²) < 4.78 is 14.9. The highest BCUT2D eigenvalue weighted by Gasteiger charge is 2.26. The van der Waals surface area contributed by atoms with Gasteiger partial charge in [-0.15, -0.1) is 0 Å². The lowest BCUT2D eigenvalue weighted by atomic mass is 9.91. The zero-order valence-corrected chi connectivity index (χ0v) is 15.0. The number of benzene rings is 1. The number of hydrogen-bond acceptors (Lipinski definition) is 2. The fraction of sp³-hybridized carbons (Fsp3) is 0.500. The minimum absolute atomic E-state index is 0.0867. The van der Waals surface area contributed by atoms with E-state index in [-0.39, 0.29) is 11.7 Å². The average Bonchev–Trinajstić information content (AvgIpc) is 2.97. The Labute approximate surface area is 148 Å². The van der Waals surface area contributed by atoms with Crippen molar-refractivity contribution in [3.63, 3.8) is 0 Å². The quantitative estimate of drug-likeness (QED) is 0.827. The standard InChI is InChI=1S/C20H26FN3O/c1-3-10-24-14-19(15(2)22-24)20(25)23-11-4-5-17(13-23)12-16-6-8-18(21)9-7-16/h6-9,14,17H,3-5,10-13H2,1-2H3. The van der Waals surface area contributed by atoms with Gasteiger partial charge in [-0.1, -0.05) is 19.1 Å². The molecule has 3 rings (SSSR count). The normalized spacial score (nSPS) is 17.7. The van der Waals surface area contributed by atoms with Crippen molar-refractivity contribution < 1.29 is 9.18 Å². The van der Waals surface area contributed by atoms with E-state index in [1.54, 1.807) is 0 Å². The van der Waals surface area contributed by atoms with Gasteiger partial charge in [0.25, 0.3) is 5.91 Å². The van der Waals surface area contributed by atoms with E-state index in [2.05, 4.69) is 12.0 Å². The number of carbonyl (C=O) groups excluding carboxylic acids is 1. The van der Waals surface area contributed by atoms with Gasteiger partial charge >= 0.3 is 0 Å². The molecule has 0 N–H and O–H groups in total. The molecule has 2 heterocycles. The van der Waals surface area contributed by atoms with Crippen molar-refractivity contribution in [2.45, 2.75) is 46.1 Å². The Kier molecular flexibility index (Phi) is 5.51. The lowest BCUT2D eigenvalue weighted by Gasteiger charge is -2.32. The van der Waals surface area contributed by atoms with Crippen LogP contribution in [-0.2, 0) is 13.0 Å². The van der Waals surface area contributed by atoms with Crippen molar-refractivity contribution in [1.29, 1.82) is 0 Å². The number of likely N-dealkylation sites (tertiary alicyclic amines) is 1. The first kappa shape index (κ1) is 17.6. The predicted octanol–water partition coefficient (Wildman–Crippen LogP) is 3.84. The zero-order chi connectivity index (χ0) is 17.8. The second-order valence-corrected chi connectivity index (χ2v) is 6.98. The van der Waals surface area contributed by atoms with Gasteiger partial charge in [0.1, 0.15) is 5.82 Å². The lowest BCUT2D eigenvalue weighted by molar-refractivity contribution is 0.0672. The number of aryl methyl sites for hydroxylation is 2. The maximum absolute atomic E-state index is 13.1. The van der Waals surface area contributed by atoms with Crippen LogP contribution in [-0.4, -0.2) is 33.7 Å². The van der Waals surface area contributed by atoms with Crippen LogP contribution in [0.3, 0.4) is 0 Å². The Morgan fingerprint density at radius 2 is 2.08 bits per heavy atom. The van der Waals surface area contributed by atoms with Gasteiger partial charge < -0.3 is 4.90 Å². The van der Waals surface area contributed by atoms with Gasteiger partial charge in [0.15, 0.2) is 0 Å². The fourth-order valence-corrected chi connectivity index (χ4v) is 3.61. The van der Waals surface area contributed by atoms with Crippen molar-refractivity contribution in [1.82, 2.24) is 14.7 Å². The molecule has 1 aliphatic heterocycles. The van der Waals surface area contributed by atoms with E-state index in [4.69, 9.17) is 0 Å². The van der Waals surface area contributed by atoms with E-state index >= 15 is 0 Å². The lowest BCUT2D eigenvalue weighted by Crippen LogP contribution is -2.40. The summed E-state index contributed by atoms with van der Waals surface area (Å²) in [5.41, 5.74) is 2.66. The molecule has 4 nitrogen and oxygen atoms in total. The summed E-state index contributed by atoms with van der Waals surface area (Å²) in [7, 11) is 0. The fourth-order valence-electron chi connectivity index (χ4n) is 3.61. The van der Waals surface area contributed by atoms with Gasteiger partial charge in [0.05, 0.1) is 11.3 Å². The number of nitrogens with zero attached hydrogens (tertiary/aromatic N) is 3. The van der Waals surface area contributed by atoms with Gasteiger partial charge in [0.2, 0.25) is 0 Å². The van der Waals surface area contributed by atoms with Crippen molar-refractivity contribution in [3.8, 4) is 0 Å². The van der Waals surface area contributed by atoms with Gasteiger partial charge in [-0.25, -0.2) is 4.39 Å². The topological polar surface area (TPSA) is 38.1 Å². The minimum Gasteiger partial charge on any atom is -0.338 e. The SMILES string of the molecule is CCCn1cc(C(=O)N2CCCC(Cc3ccc(F)cc3)C2)c(C)n1. The Morgan fingerprint density at radius 1 is 1.32 bits per heavy atom. The highest BCUT2D eigenvalue weighted by molar-refractivity contribution is 5.95. The Morgan fingerprint density at radius 3 is 2.80 bits per heavy atom. The highest BCUT2D eigenvalue weighted by atomic mass is 19.1. The largest absolute Gasteiger partial charge is 0.338 e. The monoisotopic (exact) mass is 343 g/mol. The molecular formula is C20H26FN3O. The first-order chi connectivity index (χ1) is 12.1. The van der Waals surface area contributed by atoms with Crippen LogP contribution in [0.4, 0.5) is 4.39 Å². The van der Waals surface area contributed by atoms with Crippen LogP contribution in [0.2, 0.25) is 0 Å². The third-order valence-corrected chi connectivity index (χ3v) is 4.87. The molecule has 0 bridgehead atoms. The summed E-state index contributed by atoms with van der Waals surface area (Å²) in [6, 6.07) is 6.70. The maximum Gasteiger partial charge on any atom is 0.257 e. The predicted molar refractivity (Wildman–Crippen MR) is 96.0 cm³/mol. The maximum atomic E-state index is 13.1. The molecule has 1 aromatic heterocycles. The van der Waals surface area contributed by atoms with Crippen LogP contribution in [0, 0.1) is 18.7 Å². The van der Waals surface area contributed by atoms with Crippen molar-refractivity contribution in [2.75, 3.05) is 13.1 Å². The molecule has 25 heavy (non-hydrogen) atoms. The molecule has 0 saturated carbocycles. The molecule has 134 valence electrons. The van der Waals surface area contributed by atoms with E-state index in [0.717, 1.165) is 62.1 Å². The van der Waals surface area contributed by atoms with Crippen LogP contribution in [0.5, 0.6) is 0 Å². The van der Waals surface area contributed by atoms with E-state index in [1.165, 1.54) is 12.1 Å². The van der Waals surface area contributed by atoms with Gasteiger partial charge in [-0.3, -0.25) is 9.48 Å². The second-order valence-electron chi connectivity index (χ2n) is 6.98. The number of halogens is 1. The number of hydrogen-bond donors (Lipinski definition) is 0. The Hall–Kier alpha value is -2.17. The summed E-state index contributed by atoms with van der Waals surface area (Å²) in [5, 5.41) is 4.44. The minimum atomic E-state index is -0.205. The molecule has 1 fully saturated rings. The second kappa shape index (κ2) is 7.81. The highest BCUT2D eigenvalue weighted by Crippen LogP contribution is 2.23. The van der Waals surface area contributed by atoms with Gasteiger partial charge in [-0.05, 0) is 56.2 Å². The van der Waals surface area contributed by atoms with E-state index in [0.29, 0.717) is 5.92 Å². The third kappa shape index (κ3) is 4.27. The number of piperidine rings is 1. The van der Waals surface area contributed by atoms with Crippen LogP contribution in [0.1, 0.15) is 47.8 Å². The number of amides is 1. The molecule has 1 saturated heterocycles. The van der Waals surface area contributed by atoms with E-state index < -0.39 is 0 Å². The molecule has 5 heteroatoms. The molecule has 1 unspecified atom stereocenters. The smallest absolute Gasteiger partial charge is 0.257 e. The number of aromatic nitrogens is 2. The van der Waals surface area contributed by atoms with Crippen LogP contribution >= 0.6 is 0 Å². The molecule has 1 amide bonds. The Bertz CT molecular complexity index is 723. The van der Waals surface area contributed by atoms with Crippen LogP contribution in [0.25, 0.3) is 0 Å². The molecule has 2 aromatic rings. The van der Waals surface area contributed by atoms with Crippen molar-refractivity contribution >= 4 is 5.91 Å². The van der Waals surface area contributed by atoms with Crippen molar-refractivity contribution in [2.24, 2.45) is 5.92 Å². The molecule has 1 aromatic carbocycles. The first-order valence-corrected chi connectivity index (χ1v) is 9.14. The molecule has 0 aliphatic carbocycles. The van der Waals surface area contributed by atoms with Crippen molar-refractivity contribution in [3.05, 3.63) is 53.1 Å². The Balaban J connectivity index is 1.66. The molecular weight excluding hydrogens is 317 g/mol. The summed E-state index contributed by atoms with van der Waals surface area (Å²) >= 11 is 0. The van der Waals surface area contributed by atoms with Crippen LogP contribution < -0.4 is 0 Å². The summed E-state index contributed by atoms with van der Waals surface area (Å²) in [5.74, 6) is 0.307. The molecule has 1 aliphatic rings. The van der Waals surface area contributed by atoms with E-state index in [9.17, 15) is 9.18 Å². The third-order valence-electron chi connectivity index (χ3n) is 4.87. The average molecular weight is 343 g/mol.